The van der Waals surface area contributed by atoms with E-state index in [9.17, 15) is 13.2 Å². The van der Waals surface area contributed by atoms with Gasteiger partial charge in [-0.2, -0.15) is 4.31 Å². The Labute approximate surface area is 101 Å². The van der Waals surface area contributed by atoms with Gasteiger partial charge < -0.3 is 10.1 Å². The van der Waals surface area contributed by atoms with Crippen molar-refractivity contribution in [3.05, 3.63) is 0 Å². The van der Waals surface area contributed by atoms with Crippen molar-refractivity contribution in [2.24, 2.45) is 5.92 Å². The van der Waals surface area contributed by atoms with Gasteiger partial charge in [0.05, 0.1) is 6.61 Å². The number of hydrogen-bond acceptors (Lipinski definition) is 5. The number of carbonyl (C=O) groups excluding carboxylic acids is 1. The average Bonchev–Trinajstić information content (AvgIpc) is 2.75. The smallest absolute Gasteiger partial charge is 0.322 e. The average molecular weight is 262 g/mol. The van der Waals surface area contributed by atoms with Crippen LogP contribution in [0.15, 0.2) is 0 Å². The van der Waals surface area contributed by atoms with Crippen LogP contribution < -0.4 is 5.32 Å². The number of fused-ring (bicyclic) bond motifs is 1. The summed E-state index contributed by atoms with van der Waals surface area (Å²) in [6, 6.07) is 0.0226. The first-order chi connectivity index (χ1) is 8.04. The molecule has 2 heterocycles. The number of nitrogens with zero attached hydrogens (tertiary/aromatic N) is 1. The Balaban J connectivity index is 2.03. The summed E-state index contributed by atoms with van der Waals surface area (Å²) in [5.74, 6) is -0.807. The second-order valence-corrected chi connectivity index (χ2v) is 6.37. The zero-order valence-corrected chi connectivity index (χ0v) is 10.7. The predicted molar refractivity (Wildman–Crippen MR) is 61.9 cm³/mol. The summed E-state index contributed by atoms with van der Waals surface area (Å²) < 4.78 is 30.3. The Morgan fingerprint density at radius 1 is 1.47 bits per heavy atom. The molecule has 0 aromatic rings. The molecule has 0 aromatic heterocycles. The maximum atomic E-state index is 12.1. The molecule has 0 saturated carbocycles. The summed E-state index contributed by atoms with van der Waals surface area (Å²) in [6.07, 6.45) is 0.875. The van der Waals surface area contributed by atoms with Gasteiger partial charge in [0.15, 0.2) is 5.75 Å². The highest BCUT2D eigenvalue weighted by Gasteiger charge is 2.43. The molecular weight excluding hydrogens is 244 g/mol. The Morgan fingerprint density at radius 2 is 2.24 bits per heavy atom. The number of ether oxygens (including phenoxy) is 1. The summed E-state index contributed by atoms with van der Waals surface area (Å²) in [6.45, 7) is 3.96. The number of carbonyl (C=O) groups is 1. The van der Waals surface area contributed by atoms with Crippen molar-refractivity contribution in [1.82, 2.24) is 9.62 Å². The minimum atomic E-state index is -3.52. The molecule has 2 fully saturated rings. The van der Waals surface area contributed by atoms with Crippen LogP contribution in [-0.4, -0.2) is 56.7 Å². The number of hydrogen-bond donors (Lipinski definition) is 1. The van der Waals surface area contributed by atoms with Crippen molar-refractivity contribution in [2.75, 3.05) is 32.0 Å². The molecular formula is C10H18N2O4S. The van der Waals surface area contributed by atoms with Crippen LogP contribution in [0, 0.1) is 5.92 Å². The van der Waals surface area contributed by atoms with Gasteiger partial charge in [-0.05, 0) is 25.8 Å². The molecule has 2 saturated heterocycles. The van der Waals surface area contributed by atoms with Crippen molar-refractivity contribution in [1.29, 1.82) is 0 Å². The zero-order valence-electron chi connectivity index (χ0n) is 9.89. The number of rotatable bonds is 4. The molecule has 2 atom stereocenters. The first-order valence-electron chi connectivity index (χ1n) is 5.90. The van der Waals surface area contributed by atoms with Crippen LogP contribution >= 0.6 is 0 Å². The molecule has 7 heteroatoms. The predicted octanol–water partition coefficient (Wildman–Crippen LogP) is -0.827. The van der Waals surface area contributed by atoms with Crippen molar-refractivity contribution in [3.8, 4) is 0 Å². The number of esters is 1. The third-order valence-corrected chi connectivity index (χ3v) is 5.13. The van der Waals surface area contributed by atoms with E-state index in [2.05, 4.69) is 10.1 Å². The number of nitrogens with one attached hydrogen (secondary N) is 1. The van der Waals surface area contributed by atoms with E-state index in [0.717, 1.165) is 13.0 Å². The molecule has 17 heavy (non-hydrogen) atoms. The van der Waals surface area contributed by atoms with E-state index in [4.69, 9.17) is 0 Å². The van der Waals surface area contributed by atoms with Gasteiger partial charge in [-0.1, -0.05) is 0 Å². The summed E-state index contributed by atoms with van der Waals surface area (Å²) >= 11 is 0. The lowest BCUT2D eigenvalue weighted by atomic mass is 10.1. The van der Waals surface area contributed by atoms with E-state index in [1.54, 1.807) is 6.92 Å². The highest BCUT2D eigenvalue weighted by Crippen LogP contribution is 2.29. The highest BCUT2D eigenvalue weighted by molar-refractivity contribution is 7.89. The molecule has 2 rings (SSSR count). The van der Waals surface area contributed by atoms with Crippen molar-refractivity contribution in [3.63, 3.8) is 0 Å². The summed E-state index contributed by atoms with van der Waals surface area (Å²) in [5, 5.41) is 3.18. The van der Waals surface area contributed by atoms with Gasteiger partial charge in [-0.15, -0.1) is 0 Å². The van der Waals surface area contributed by atoms with Crippen LogP contribution in [0.4, 0.5) is 0 Å². The maximum Gasteiger partial charge on any atom is 0.322 e. The molecule has 98 valence electrons. The maximum absolute atomic E-state index is 12.1. The second kappa shape index (κ2) is 4.91. The third-order valence-electron chi connectivity index (χ3n) is 3.36. The minimum absolute atomic E-state index is 0.0226. The van der Waals surface area contributed by atoms with Crippen LogP contribution in [0.2, 0.25) is 0 Å². The Bertz CT molecular complexity index is 395. The van der Waals surface area contributed by atoms with Crippen molar-refractivity contribution < 1.29 is 17.9 Å². The standard InChI is InChI=1S/C10H18N2O4S/c1-2-16-10(13)7-17(14,15)12-4-3-8-5-11-6-9(8)12/h8-9,11H,2-7H2,1H3/t8-,9+/m0/s1. The van der Waals surface area contributed by atoms with Gasteiger partial charge in [-0.25, -0.2) is 8.42 Å². The van der Waals surface area contributed by atoms with E-state index < -0.39 is 21.7 Å². The van der Waals surface area contributed by atoms with Crippen LogP contribution in [0.25, 0.3) is 0 Å². The van der Waals surface area contributed by atoms with Gasteiger partial charge >= 0.3 is 5.97 Å². The van der Waals surface area contributed by atoms with Crippen LogP contribution in [-0.2, 0) is 19.6 Å². The first-order valence-corrected chi connectivity index (χ1v) is 7.51. The quantitative estimate of drug-likeness (QED) is 0.670. The van der Waals surface area contributed by atoms with Gasteiger partial charge in [0.2, 0.25) is 10.0 Å². The molecule has 2 aliphatic heterocycles. The number of sulfonamides is 1. The molecule has 0 radical (unpaired) electrons. The molecule has 0 spiro atoms. The minimum Gasteiger partial charge on any atom is -0.465 e. The fourth-order valence-electron chi connectivity index (χ4n) is 2.59. The molecule has 0 aromatic carbocycles. The first kappa shape index (κ1) is 12.8. The SMILES string of the molecule is CCOC(=O)CS(=O)(=O)N1CC[C@H]2CNC[C@H]21. The highest BCUT2D eigenvalue weighted by atomic mass is 32.2. The summed E-state index contributed by atoms with van der Waals surface area (Å²) in [7, 11) is -3.52. The van der Waals surface area contributed by atoms with Gasteiger partial charge in [0, 0.05) is 19.1 Å². The van der Waals surface area contributed by atoms with Crippen LogP contribution in [0.3, 0.4) is 0 Å². The van der Waals surface area contributed by atoms with Gasteiger partial charge in [-0.3, -0.25) is 4.79 Å². The molecule has 1 N–H and O–H groups in total. The van der Waals surface area contributed by atoms with E-state index in [-0.39, 0.29) is 12.6 Å². The van der Waals surface area contributed by atoms with Crippen LogP contribution in [0.1, 0.15) is 13.3 Å². The van der Waals surface area contributed by atoms with E-state index >= 15 is 0 Å². The van der Waals surface area contributed by atoms with Crippen molar-refractivity contribution in [2.45, 2.75) is 19.4 Å². The van der Waals surface area contributed by atoms with Crippen molar-refractivity contribution >= 4 is 16.0 Å². The molecule has 0 unspecified atom stereocenters. The van der Waals surface area contributed by atoms with Crippen LogP contribution in [0.5, 0.6) is 0 Å². The summed E-state index contributed by atoms with van der Waals surface area (Å²) in [4.78, 5) is 11.3. The van der Waals surface area contributed by atoms with E-state index in [0.29, 0.717) is 19.0 Å². The monoisotopic (exact) mass is 262 g/mol. The lowest BCUT2D eigenvalue weighted by Crippen LogP contribution is -2.42. The lowest BCUT2D eigenvalue weighted by molar-refractivity contribution is -0.140. The largest absolute Gasteiger partial charge is 0.465 e. The fourth-order valence-corrected chi connectivity index (χ4v) is 4.18. The Morgan fingerprint density at radius 3 is 2.94 bits per heavy atom. The second-order valence-electron chi connectivity index (χ2n) is 4.45. The van der Waals surface area contributed by atoms with Gasteiger partial charge in [0.1, 0.15) is 0 Å². The van der Waals surface area contributed by atoms with E-state index in [1.165, 1.54) is 4.31 Å². The van der Waals surface area contributed by atoms with E-state index in [1.807, 2.05) is 0 Å². The Kier molecular flexibility index (Phi) is 3.70. The molecule has 0 bridgehead atoms. The third kappa shape index (κ3) is 2.61. The normalized spacial score (nSPS) is 29.2. The topological polar surface area (TPSA) is 75.7 Å². The molecule has 0 amide bonds. The molecule has 2 aliphatic rings. The Hall–Kier alpha value is -0.660. The fraction of sp³-hybridized carbons (Fsp3) is 0.900. The summed E-state index contributed by atoms with van der Waals surface area (Å²) in [5.41, 5.74) is 0. The zero-order chi connectivity index (χ0) is 12.5. The molecule has 0 aliphatic carbocycles. The molecule has 6 nitrogen and oxygen atoms in total. The van der Waals surface area contributed by atoms with Gasteiger partial charge in [0.25, 0.3) is 0 Å². The lowest BCUT2D eigenvalue weighted by Gasteiger charge is -2.22.